The number of nitrogens with zero attached hydrogens (tertiary/aromatic N) is 4. The quantitative estimate of drug-likeness (QED) is 0.147. The standard InChI is InChI=1S/C34H20F2N4O4S2/c35-21-14-15-26-22(16-21)28(41)27-29(44-26)30(42)40(32-37-38-33(46-32)45-18-20-10-4-6-12-24(20)36)34(27)23-11-5-7-13-25(23)39(31(34)43)17-19-8-2-1-3-9-19/h1-16H,17-18H2. The molecular formula is C34H20F2N4O4S2. The molecule has 2 amide bonds. The van der Waals surface area contributed by atoms with Crippen molar-refractivity contribution in [1.29, 1.82) is 0 Å². The van der Waals surface area contributed by atoms with Crippen molar-refractivity contribution in [1.82, 2.24) is 10.2 Å². The Balaban J connectivity index is 1.33. The summed E-state index contributed by atoms with van der Waals surface area (Å²) in [6.45, 7) is 0.156. The third-order valence-electron chi connectivity index (χ3n) is 8.17. The van der Waals surface area contributed by atoms with Crippen molar-refractivity contribution in [3.63, 3.8) is 0 Å². The Morgan fingerprint density at radius 3 is 2.46 bits per heavy atom. The van der Waals surface area contributed by atoms with Crippen LogP contribution in [0.4, 0.5) is 19.6 Å². The van der Waals surface area contributed by atoms with Crippen molar-refractivity contribution in [3.8, 4) is 0 Å². The minimum atomic E-state index is -2.01. The fraction of sp³-hybridized carbons (Fsp3) is 0.0882. The zero-order valence-corrected chi connectivity index (χ0v) is 25.3. The molecule has 1 unspecified atom stereocenters. The van der Waals surface area contributed by atoms with Gasteiger partial charge in [-0.15, -0.1) is 10.2 Å². The van der Waals surface area contributed by atoms with Gasteiger partial charge < -0.3 is 9.32 Å². The van der Waals surface area contributed by atoms with Crippen molar-refractivity contribution < 1.29 is 22.8 Å². The second-order valence-corrected chi connectivity index (χ2v) is 12.9. The van der Waals surface area contributed by atoms with Crippen LogP contribution in [0.1, 0.15) is 32.8 Å². The van der Waals surface area contributed by atoms with Crippen LogP contribution in [-0.4, -0.2) is 22.0 Å². The van der Waals surface area contributed by atoms with Crippen LogP contribution in [0.15, 0.2) is 111 Å². The normalized spacial score (nSPS) is 16.9. The Morgan fingerprint density at radius 1 is 0.870 bits per heavy atom. The molecule has 2 aliphatic rings. The maximum Gasteiger partial charge on any atom is 0.297 e. The van der Waals surface area contributed by atoms with Gasteiger partial charge in [0.2, 0.25) is 10.9 Å². The molecular weight excluding hydrogens is 631 g/mol. The van der Waals surface area contributed by atoms with Gasteiger partial charge >= 0.3 is 0 Å². The fourth-order valence-corrected chi connectivity index (χ4v) is 8.04. The molecule has 0 saturated heterocycles. The molecule has 2 aliphatic heterocycles. The van der Waals surface area contributed by atoms with Gasteiger partial charge in [-0.25, -0.2) is 8.78 Å². The monoisotopic (exact) mass is 650 g/mol. The van der Waals surface area contributed by atoms with Crippen LogP contribution in [-0.2, 0) is 22.6 Å². The molecule has 12 heteroatoms. The van der Waals surface area contributed by atoms with Gasteiger partial charge in [0.25, 0.3) is 11.8 Å². The molecule has 0 saturated carbocycles. The van der Waals surface area contributed by atoms with Crippen molar-refractivity contribution in [2.45, 2.75) is 22.2 Å². The number of fused-ring (bicyclic) bond motifs is 5. The van der Waals surface area contributed by atoms with Gasteiger partial charge in [-0.3, -0.25) is 19.3 Å². The van der Waals surface area contributed by atoms with Crippen molar-refractivity contribution in [3.05, 3.63) is 147 Å². The molecule has 8 rings (SSSR count). The van der Waals surface area contributed by atoms with Gasteiger partial charge in [0.05, 0.1) is 23.2 Å². The summed E-state index contributed by atoms with van der Waals surface area (Å²) in [5, 5.41) is 8.49. The third kappa shape index (κ3) is 4.13. The molecule has 8 nitrogen and oxygen atoms in total. The summed E-state index contributed by atoms with van der Waals surface area (Å²) in [6, 6.07) is 26.1. The maximum atomic E-state index is 15.0. The molecule has 4 heterocycles. The predicted molar refractivity (Wildman–Crippen MR) is 170 cm³/mol. The number of amides is 2. The van der Waals surface area contributed by atoms with E-state index in [0.29, 0.717) is 21.2 Å². The molecule has 0 bridgehead atoms. The van der Waals surface area contributed by atoms with Gasteiger partial charge in [0, 0.05) is 11.3 Å². The lowest BCUT2D eigenvalue weighted by atomic mass is 9.84. The van der Waals surface area contributed by atoms with E-state index in [2.05, 4.69) is 10.2 Å². The number of halogens is 2. The van der Waals surface area contributed by atoms with Crippen LogP contribution in [0, 0.1) is 11.6 Å². The van der Waals surface area contributed by atoms with E-state index in [1.807, 2.05) is 30.3 Å². The highest BCUT2D eigenvalue weighted by molar-refractivity contribution is 8.00. The Kier molecular flexibility index (Phi) is 6.59. The fourth-order valence-electron chi connectivity index (χ4n) is 6.16. The number of rotatable bonds is 6. The Hall–Kier alpha value is -5.20. The van der Waals surface area contributed by atoms with Crippen molar-refractivity contribution in [2.75, 3.05) is 9.80 Å². The van der Waals surface area contributed by atoms with Gasteiger partial charge in [0.1, 0.15) is 17.2 Å². The summed E-state index contributed by atoms with van der Waals surface area (Å²) < 4.78 is 35.2. The van der Waals surface area contributed by atoms with E-state index in [4.69, 9.17) is 4.42 Å². The number of hydrogen-bond acceptors (Lipinski definition) is 8. The number of anilines is 2. The summed E-state index contributed by atoms with van der Waals surface area (Å²) >= 11 is 2.26. The Labute approximate surface area is 267 Å². The predicted octanol–water partition coefficient (Wildman–Crippen LogP) is 6.67. The van der Waals surface area contributed by atoms with E-state index in [0.717, 1.165) is 29.0 Å². The first-order valence-corrected chi connectivity index (χ1v) is 15.9. The highest BCUT2D eigenvalue weighted by Crippen LogP contribution is 2.55. The van der Waals surface area contributed by atoms with Gasteiger partial charge in [-0.05, 0) is 41.5 Å². The summed E-state index contributed by atoms with van der Waals surface area (Å²) in [5.74, 6) is -2.43. The molecule has 226 valence electrons. The van der Waals surface area contributed by atoms with Gasteiger partial charge in [-0.2, -0.15) is 0 Å². The van der Waals surface area contributed by atoms with Crippen LogP contribution in [0.3, 0.4) is 0 Å². The molecule has 0 N–H and O–H groups in total. The van der Waals surface area contributed by atoms with Gasteiger partial charge in [0.15, 0.2) is 15.3 Å². The topological polar surface area (TPSA) is 96.6 Å². The van der Waals surface area contributed by atoms with E-state index < -0.39 is 28.6 Å². The SMILES string of the molecule is O=C1c2oc3ccc(F)cc3c(=O)c2C2(C(=O)N(Cc3ccccc3)c3ccccc32)N1c1nnc(SCc2ccccc2F)s1. The average molecular weight is 651 g/mol. The molecule has 2 aromatic heterocycles. The lowest BCUT2D eigenvalue weighted by Gasteiger charge is -2.32. The zero-order chi connectivity index (χ0) is 31.6. The molecule has 1 spiro atoms. The first-order valence-electron chi connectivity index (χ1n) is 14.1. The summed E-state index contributed by atoms with van der Waals surface area (Å²) in [6.07, 6.45) is 0. The highest BCUT2D eigenvalue weighted by Gasteiger charge is 2.66. The van der Waals surface area contributed by atoms with Crippen molar-refractivity contribution >= 4 is 56.7 Å². The number of hydrogen-bond donors (Lipinski definition) is 0. The highest BCUT2D eigenvalue weighted by atomic mass is 32.2. The Morgan fingerprint density at radius 2 is 1.63 bits per heavy atom. The summed E-state index contributed by atoms with van der Waals surface area (Å²) in [4.78, 5) is 46.4. The number of carbonyl (C=O) groups is 2. The van der Waals surface area contributed by atoms with E-state index in [1.54, 1.807) is 42.5 Å². The van der Waals surface area contributed by atoms with Crippen LogP contribution < -0.4 is 15.2 Å². The van der Waals surface area contributed by atoms with Crippen LogP contribution in [0.5, 0.6) is 0 Å². The smallest absolute Gasteiger partial charge is 0.297 e. The largest absolute Gasteiger partial charge is 0.450 e. The number of aromatic nitrogens is 2. The lowest BCUT2D eigenvalue weighted by Crippen LogP contribution is -2.53. The minimum Gasteiger partial charge on any atom is -0.450 e. The average Bonchev–Trinajstić information content (AvgIpc) is 3.71. The van der Waals surface area contributed by atoms with Crippen LogP contribution in [0.25, 0.3) is 11.0 Å². The number of para-hydroxylation sites is 1. The molecule has 0 aliphatic carbocycles. The van der Waals surface area contributed by atoms with E-state index in [1.165, 1.54) is 33.7 Å². The Bertz CT molecular complexity index is 2280. The third-order valence-corrected chi connectivity index (χ3v) is 10.3. The zero-order valence-electron chi connectivity index (χ0n) is 23.6. The molecule has 0 radical (unpaired) electrons. The lowest BCUT2D eigenvalue weighted by molar-refractivity contribution is -0.121. The minimum absolute atomic E-state index is 0.00812. The molecule has 0 fully saturated rings. The molecule has 1 atom stereocenters. The first kappa shape index (κ1) is 28.3. The summed E-state index contributed by atoms with van der Waals surface area (Å²) in [5.41, 5.74) is -0.736. The molecule has 4 aromatic carbocycles. The number of benzene rings is 4. The summed E-state index contributed by atoms with van der Waals surface area (Å²) in [7, 11) is 0. The number of thioether (sulfide) groups is 1. The van der Waals surface area contributed by atoms with E-state index in [9.17, 15) is 23.2 Å². The second kappa shape index (κ2) is 10.7. The first-order chi connectivity index (χ1) is 22.4. The maximum absolute atomic E-state index is 15.0. The van der Waals surface area contributed by atoms with E-state index in [-0.39, 0.29) is 45.5 Å². The van der Waals surface area contributed by atoms with E-state index >= 15 is 0 Å². The van der Waals surface area contributed by atoms with Gasteiger partial charge in [-0.1, -0.05) is 89.8 Å². The number of carbonyl (C=O) groups excluding carboxylic acids is 2. The molecule has 6 aromatic rings. The van der Waals surface area contributed by atoms with Crippen LogP contribution >= 0.6 is 23.1 Å². The van der Waals surface area contributed by atoms with Crippen molar-refractivity contribution in [2.24, 2.45) is 0 Å². The van der Waals surface area contributed by atoms with Crippen LogP contribution in [0.2, 0.25) is 0 Å². The molecule has 46 heavy (non-hydrogen) atoms. The second-order valence-electron chi connectivity index (χ2n) is 10.8.